The van der Waals surface area contributed by atoms with Gasteiger partial charge in [-0.25, -0.2) is 8.42 Å². The smallest absolute Gasteiger partial charge is 0.237 e. The van der Waals surface area contributed by atoms with Gasteiger partial charge < -0.3 is 20.7 Å². The number of fused-ring (bicyclic) bond motifs is 1. The Kier molecular flexibility index (Phi) is 7.01. The van der Waals surface area contributed by atoms with E-state index in [2.05, 4.69) is 22.9 Å². The molecule has 2 aliphatic heterocycles. The monoisotopic (exact) mass is 449 g/mol. The molecule has 0 radical (unpaired) electrons. The summed E-state index contributed by atoms with van der Waals surface area (Å²) in [4.78, 5) is 12.9. The second kappa shape index (κ2) is 9.57. The largest absolute Gasteiger partial charge is 0.381 e. The van der Waals surface area contributed by atoms with Crippen LogP contribution in [0.1, 0.15) is 44.6 Å². The minimum atomic E-state index is -3.36. The van der Waals surface area contributed by atoms with Gasteiger partial charge in [0.25, 0.3) is 0 Å². The van der Waals surface area contributed by atoms with E-state index in [-0.39, 0.29) is 29.2 Å². The maximum atomic E-state index is 13.1. The van der Waals surface area contributed by atoms with Crippen LogP contribution in [-0.2, 0) is 25.9 Å². The third-order valence-corrected chi connectivity index (χ3v) is 9.62. The van der Waals surface area contributed by atoms with Gasteiger partial charge in [0.1, 0.15) is 0 Å². The first-order valence-corrected chi connectivity index (χ1v) is 13.0. The van der Waals surface area contributed by atoms with Gasteiger partial charge in [0.15, 0.2) is 9.84 Å². The van der Waals surface area contributed by atoms with Crippen LogP contribution in [0.3, 0.4) is 0 Å². The van der Waals surface area contributed by atoms with Gasteiger partial charge in [0, 0.05) is 19.7 Å². The SMILES string of the molecule is COC1CCC(S(=O)(=O)c2ccc(CNC(=O)C3CC4CNCCC4N3)cc2)CC1C. The number of hydrogen-bond acceptors (Lipinski definition) is 6. The van der Waals surface area contributed by atoms with Crippen molar-refractivity contribution in [3.63, 3.8) is 0 Å². The highest BCUT2D eigenvalue weighted by molar-refractivity contribution is 7.92. The van der Waals surface area contributed by atoms with Crippen LogP contribution in [-0.4, -0.2) is 58.0 Å². The van der Waals surface area contributed by atoms with Crippen LogP contribution in [0.4, 0.5) is 0 Å². The summed E-state index contributed by atoms with van der Waals surface area (Å²) in [6.45, 7) is 4.45. The van der Waals surface area contributed by atoms with E-state index >= 15 is 0 Å². The molecule has 0 spiro atoms. The Morgan fingerprint density at radius 3 is 2.61 bits per heavy atom. The Hall–Kier alpha value is -1.48. The van der Waals surface area contributed by atoms with Crippen molar-refractivity contribution in [2.75, 3.05) is 20.2 Å². The molecule has 172 valence electrons. The lowest BCUT2D eigenvalue weighted by Crippen LogP contribution is -2.45. The zero-order chi connectivity index (χ0) is 22.0. The number of benzene rings is 1. The number of carbonyl (C=O) groups is 1. The van der Waals surface area contributed by atoms with Crippen LogP contribution in [0.15, 0.2) is 29.2 Å². The van der Waals surface area contributed by atoms with Crippen LogP contribution in [0.25, 0.3) is 0 Å². The molecule has 8 heteroatoms. The molecule has 4 rings (SSSR count). The molecule has 6 unspecified atom stereocenters. The minimum absolute atomic E-state index is 0.0231. The quantitative estimate of drug-likeness (QED) is 0.611. The molecule has 2 saturated heterocycles. The van der Waals surface area contributed by atoms with Gasteiger partial charge in [0.2, 0.25) is 5.91 Å². The highest BCUT2D eigenvalue weighted by Crippen LogP contribution is 2.33. The summed E-state index contributed by atoms with van der Waals surface area (Å²) in [6, 6.07) is 7.27. The number of ether oxygens (including phenoxy) is 1. The lowest BCUT2D eigenvalue weighted by atomic mass is 9.87. The second-order valence-electron chi connectivity index (χ2n) is 9.41. The Morgan fingerprint density at radius 1 is 1.16 bits per heavy atom. The number of carbonyl (C=O) groups excluding carboxylic acids is 1. The van der Waals surface area contributed by atoms with Gasteiger partial charge in [-0.2, -0.15) is 0 Å². The van der Waals surface area contributed by atoms with Crippen molar-refractivity contribution in [1.29, 1.82) is 0 Å². The van der Waals surface area contributed by atoms with Crippen LogP contribution in [0.2, 0.25) is 0 Å². The number of amides is 1. The van der Waals surface area contributed by atoms with Gasteiger partial charge in [-0.3, -0.25) is 4.79 Å². The molecular formula is C23H35N3O4S. The average molecular weight is 450 g/mol. The lowest BCUT2D eigenvalue weighted by Gasteiger charge is -2.32. The van der Waals surface area contributed by atoms with Crippen LogP contribution < -0.4 is 16.0 Å². The fraction of sp³-hybridized carbons (Fsp3) is 0.696. The molecule has 3 aliphatic rings. The van der Waals surface area contributed by atoms with E-state index < -0.39 is 9.84 Å². The summed E-state index contributed by atoms with van der Waals surface area (Å²) < 4.78 is 31.6. The third-order valence-electron chi connectivity index (χ3n) is 7.38. The molecule has 3 N–H and O–H groups in total. The molecule has 6 atom stereocenters. The van der Waals surface area contributed by atoms with Gasteiger partial charge in [-0.05, 0) is 74.7 Å². The van der Waals surface area contributed by atoms with Crippen molar-refractivity contribution >= 4 is 15.7 Å². The van der Waals surface area contributed by atoms with Gasteiger partial charge >= 0.3 is 0 Å². The average Bonchev–Trinajstić information content (AvgIpc) is 3.22. The van der Waals surface area contributed by atoms with Gasteiger partial charge in [-0.15, -0.1) is 0 Å². The number of methoxy groups -OCH3 is 1. The van der Waals surface area contributed by atoms with Crippen molar-refractivity contribution in [2.24, 2.45) is 11.8 Å². The van der Waals surface area contributed by atoms with Gasteiger partial charge in [0.05, 0.1) is 22.3 Å². The molecular weight excluding hydrogens is 414 g/mol. The zero-order valence-electron chi connectivity index (χ0n) is 18.5. The first kappa shape index (κ1) is 22.7. The molecule has 0 bridgehead atoms. The molecule has 1 aliphatic carbocycles. The van der Waals surface area contributed by atoms with E-state index in [0.29, 0.717) is 36.2 Å². The van der Waals surface area contributed by atoms with E-state index in [9.17, 15) is 13.2 Å². The van der Waals surface area contributed by atoms with E-state index in [4.69, 9.17) is 4.74 Å². The summed E-state index contributed by atoms with van der Waals surface area (Å²) >= 11 is 0. The Morgan fingerprint density at radius 2 is 1.94 bits per heavy atom. The van der Waals surface area contributed by atoms with Crippen LogP contribution in [0.5, 0.6) is 0 Å². The minimum Gasteiger partial charge on any atom is -0.381 e. The predicted molar refractivity (Wildman–Crippen MR) is 119 cm³/mol. The standard InChI is InChI=1S/C23H35N3O4S/c1-15-11-19(7-8-22(15)30-2)31(28,29)18-5-3-16(4-6-18)13-25-23(27)21-12-17-14-24-10-9-20(17)26-21/h3-6,15,17,19-22,24,26H,7-14H2,1-2H3,(H,25,27). The molecule has 0 aromatic heterocycles. The van der Waals surface area contributed by atoms with E-state index in [1.54, 1.807) is 19.2 Å². The topological polar surface area (TPSA) is 96.5 Å². The highest BCUT2D eigenvalue weighted by Gasteiger charge is 2.38. The normalized spacial score (nSPS) is 33.6. The first-order chi connectivity index (χ1) is 14.9. The maximum Gasteiger partial charge on any atom is 0.237 e. The molecule has 1 aromatic rings. The number of nitrogens with one attached hydrogen (secondary N) is 3. The van der Waals surface area contributed by atoms with Crippen LogP contribution >= 0.6 is 0 Å². The molecule has 1 amide bonds. The van der Waals surface area contributed by atoms with Crippen molar-refractivity contribution in [3.05, 3.63) is 29.8 Å². The Balaban J connectivity index is 1.31. The zero-order valence-corrected chi connectivity index (χ0v) is 19.3. The lowest BCUT2D eigenvalue weighted by molar-refractivity contribution is -0.123. The fourth-order valence-corrected chi connectivity index (χ4v) is 7.36. The molecule has 1 saturated carbocycles. The summed E-state index contributed by atoms with van der Waals surface area (Å²) in [5, 5.41) is 9.51. The van der Waals surface area contributed by atoms with E-state index in [1.807, 2.05) is 12.1 Å². The third kappa shape index (κ3) is 4.97. The number of sulfone groups is 1. The van der Waals surface area contributed by atoms with Crippen molar-refractivity contribution in [3.8, 4) is 0 Å². The molecule has 7 nitrogen and oxygen atoms in total. The first-order valence-electron chi connectivity index (χ1n) is 11.5. The second-order valence-corrected chi connectivity index (χ2v) is 11.6. The summed E-state index contributed by atoms with van der Waals surface area (Å²) in [5.41, 5.74) is 0.904. The Labute approximate surface area is 185 Å². The summed E-state index contributed by atoms with van der Waals surface area (Å²) in [5.74, 6) is 0.780. The van der Waals surface area contributed by atoms with Crippen molar-refractivity contribution < 1.29 is 17.9 Å². The molecule has 3 fully saturated rings. The predicted octanol–water partition coefficient (Wildman–Crippen LogP) is 1.62. The van der Waals surface area contributed by atoms with Crippen molar-refractivity contribution in [2.45, 2.75) is 73.9 Å². The summed E-state index contributed by atoms with van der Waals surface area (Å²) in [6.07, 6.45) is 4.12. The van der Waals surface area contributed by atoms with Gasteiger partial charge in [-0.1, -0.05) is 19.1 Å². The summed E-state index contributed by atoms with van der Waals surface area (Å²) in [7, 11) is -1.66. The number of piperidine rings is 1. The molecule has 2 heterocycles. The Bertz CT molecular complexity index is 859. The van der Waals surface area contributed by atoms with E-state index in [1.165, 1.54) is 0 Å². The van der Waals surface area contributed by atoms with E-state index in [0.717, 1.165) is 37.9 Å². The molecule has 31 heavy (non-hydrogen) atoms. The highest BCUT2D eigenvalue weighted by atomic mass is 32.2. The molecule has 1 aromatic carbocycles. The van der Waals surface area contributed by atoms with Crippen LogP contribution in [0, 0.1) is 11.8 Å². The fourth-order valence-electron chi connectivity index (χ4n) is 5.45. The van der Waals surface area contributed by atoms with Crippen molar-refractivity contribution in [1.82, 2.24) is 16.0 Å². The number of rotatable bonds is 6. The number of hydrogen-bond donors (Lipinski definition) is 3. The maximum absolute atomic E-state index is 13.1.